The minimum Gasteiger partial charge on any atom is -0.389 e. The molecule has 0 aliphatic rings. The van der Waals surface area contributed by atoms with Crippen LogP contribution in [0.3, 0.4) is 0 Å². The van der Waals surface area contributed by atoms with Crippen molar-refractivity contribution in [3.63, 3.8) is 0 Å². The van der Waals surface area contributed by atoms with Crippen LogP contribution < -0.4 is 5.32 Å². The minimum absolute atomic E-state index is 0.609. The molecule has 0 aliphatic heterocycles. The number of nitrogens with one attached hydrogen (secondary N) is 1. The molecule has 0 spiro atoms. The van der Waals surface area contributed by atoms with Crippen LogP contribution in [0.4, 0.5) is 0 Å². The van der Waals surface area contributed by atoms with Gasteiger partial charge in [-0.1, -0.05) is 31.2 Å². The first-order valence-corrected chi connectivity index (χ1v) is 6.07. The Morgan fingerprint density at radius 1 is 1.35 bits per heavy atom. The van der Waals surface area contributed by atoms with Crippen molar-refractivity contribution < 1.29 is 9.84 Å². The summed E-state index contributed by atoms with van der Waals surface area (Å²) in [6.45, 7) is 5.86. The SMILES string of the molecule is CCC(C)(O)CNCc1cccc(COC)c1. The molecule has 0 saturated carbocycles. The molecule has 3 heteroatoms. The summed E-state index contributed by atoms with van der Waals surface area (Å²) in [6.07, 6.45) is 0.754. The first kappa shape index (κ1) is 14.2. The van der Waals surface area contributed by atoms with E-state index in [4.69, 9.17) is 4.74 Å². The van der Waals surface area contributed by atoms with Crippen LogP contribution in [-0.2, 0) is 17.9 Å². The molecule has 1 rings (SSSR count). The molecular weight excluding hydrogens is 214 g/mol. The summed E-state index contributed by atoms with van der Waals surface area (Å²) in [5, 5.41) is 13.1. The van der Waals surface area contributed by atoms with E-state index in [0.29, 0.717) is 13.2 Å². The van der Waals surface area contributed by atoms with Crippen LogP contribution in [0.15, 0.2) is 24.3 Å². The summed E-state index contributed by atoms with van der Waals surface area (Å²) in [6, 6.07) is 8.28. The third-order valence-corrected chi connectivity index (χ3v) is 2.90. The summed E-state index contributed by atoms with van der Waals surface area (Å²) in [4.78, 5) is 0. The van der Waals surface area contributed by atoms with Gasteiger partial charge in [-0.25, -0.2) is 0 Å². The van der Waals surface area contributed by atoms with E-state index in [9.17, 15) is 5.11 Å². The zero-order chi connectivity index (χ0) is 12.7. The number of aliphatic hydroxyl groups is 1. The maximum atomic E-state index is 9.86. The standard InChI is InChI=1S/C14H23NO2/c1-4-14(2,16)11-15-9-12-6-5-7-13(8-12)10-17-3/h5-8,15-16H,4,9-11H2,1-3H3. The van der Waals surface area contributed by atoms with Crippen molar-refractivity contribution in [3.8, 4) is 0 Å². The molecule has 17 heavy (non-hydrogen) atoms. The highest BCUT2D eigenvalue weighted by atomic mass is 16.5. The maximum Gasteiger partial charge on any atom is 0.0741 e. The highest BCUT2D eigenvalue weighted by Crippen LogP contribution is 2.08. The van der Waals surface area contributed by atoms with Crippen LogP contribution in [-0.4, -0.2) is 24.4 Å². The van der Waals surface area contributed by atoms with Crippen LogP contribution in [0.5, 0.6) is 0 Å². The van der Waals surface area contributed by atoms with Crippen LogP contribution in [0.2, 0.25) is 0 Å². The predicted molar refractivity (Wildman–Crippen MR) is 69.8 cm³/mol. The van der Waals surface area contributed by atoms with Crippen molar-refractivity contribution in [1.29, 1.82) is 0 Å². The Labute approximate surface area is 104 Å². The van der Waals surface area contributed by atoms with Gasteiger partial charge in [-0.05, 0) is 24.5 Å². The Morgan fingerprint density at radius 2 is 2.06 bits per heavy atom. The lowest BCUT2D eigenvalue weighted by Crippen LogP contribution is -2.36. The molecule has 2 N–H and O–H groups in total. The summed E-state index contributed by atoms with van der Waals surface area (Å²) < 4.78 is 5.10. The van der Waals surface area contributed by atoms with Gasteiger partial charge in [0.1, 0.15) is 0 Å². The topological polar surface area (TPSA) is 41.5 Å². The van der Waals surface area contributed by atoms with Crippen LogP contribution >= 0.6 is 0 Å². The van der Waals surface area contributed by atoms with Crippen molar-refractivity contribution in [1.82, 2.24) is 5.32 Å². The number of methoxy groups -OCH3 is 1. The highest BCUT2D eigenvalue weighted by Gasteiger charge is 2.16. The molecule has 96 valence electrons. The monoisotopic (exact) mass is 237 g/mol. The van der Waals surface area contributed by atoms with Gasteiger partial charge in [-0.15, -0.1) is 0 Å². The normalized spacial score (nSPS) is 14.6. The third-order valence-electron chi connectivity index (χ3n) is 2.90. The number of hydrogen-bond donors (Lipinski definition) is 2. The fourth-order valence-corrected chi connectivity index (χ4v) is 1.60. The molecule has 0 saturated heterocycles. The second-order valence-electron chi connectivity index (χ2n) is 4.71. The lowest BCUT2D eigenvalue weighted by atomic mass is 10.0. The van der Waals surface area contributed by atoms with Gasteiger partial charge in [-0.2, -0.15) is 0 Å². The zero-order valence-corrected chi connectivity index (χ0v) is 11.0. The smallest absolute Gasteiger partial charge is 0.0741 e. The molecule has 0 aliphatic carbocycles. The van der Waals surface area contributed by atoms with Gasteiger partial charge >= 0.3 is 0 Å². The molecule has 1 atom stereocenters. The maximum absolute atomic E-state index is 9.86. The van der Waals surface area contributed by atoms with Crippen molar-refractivity contribution in [2.24, 2.45) is 0 Å². The van der Waals surface area contributed by atoms with Crippen molar-refractivity contribution in [2.45, 2.75) is 39.0 Å². The van der Waals surface area contributed by atoms with E-state index in [1.807, 2.05) is 19.9 Å². The molecule has 1 aromatic carbocycles. The Kier molecular flexibility index (Phi) is 5.62. The molecule has 1 aromatic rings. The molecule has 1 unspecified atom stereocenters. The van der Waals surface area contributed by atoms with E-state index in [1.165, 1.54) is 11.1 Å². The zero-order valence-electron chi connectivity index (χ0n) is 11.0. The summed E-state index contributed by atoms with van der Waals surface area (Å²) in [5.74, 6) is 0. The first-order chi connectivity index (χ1) is 8.07. The first-order valence-electron chi connectivity index (χ1n) is 6.07. The van der Waals surface area contributed by atoms with Gasteiger partial charge in [0.15, 0.2) is 0 Å². The third kappa shape index (κ3) is 5.31. The van der Waals surface area contributed by atoms with Gasteiger partial charge < -0.3 is 15.2 Å². The lowest BCUT2D eigenvalue weighted by molar-refractivity contribution is 0.0555. The van der Waals surface area contributed by atoms with E-state index in [0.717, 1.165) is 13.0 Å². The number of ether oxygens (including phenoxy) is 1. The molecular formula is C14H23NO2. The average molecular weight is 237 g/mol. The number of benzene rings is 1. The molecule has 0 amide bonds. The van der Waals surface area contributed by atoms with Gasteiger partial charge in [0, 0.05) is 20.2 Å². The predicted octanol–water partition coefficient (Wildman–Crippen LogP) is 2.08. The largest absolute Gasteiger partial charge is 0.389 e. The number of hydrogen-bond acceptors (Lipinski definition) is 3. The summed E-state index contributed by atoms with van der Waals surface area (Å²) >= 11 is 0. The summed E-state index contributed by atoms with van der Waals surface area (Å²) in [7, 11) is 1.70. The molecule has 0 bridgehead atoms. The van der Waals surface area contributed by atoms with E-state index >= 15 is 0 Å². The molecule has 0 heterocycles. The van der Waals surface area contributed by atoms with Crippen molar-refractivity contribution in [3.05, 3.63) is 35.4 Å². The van der Waals surface area contributed by atoms with Crippen molar-refractivity contribution in [2.75, 3.05) is 13.7 Å². The Balaban J connectivity index is 2.44. The summed E-state index contributed by atoms with van der Waals surface area (Å²) in [5.41, 5.74) is 1.77. The van der Waals surface area contributed by atoms with Crippen LogP contribution in [0.25, 0.3) is 0 Å². The highest BCUT2D eigenvalue weighted by molar-refractivity contribution is 5.22. The minimum atomic E-state index is -0.621. The molecule has 3 nitrogen and oxygen atoms in total. The second-order valence-corrected chi connectivity index (χ2v) is 4.71. The molecule has 0 aromatic heterocycles. The Hall–Kier alpha value is -0.900. The lowest BCUT2D eigenvalue weighted by Gasteiger charge is -2.21. The van der Waals surface area contributed by atoms with Crippen LogP contribution in [0, 0.1) is 0 Å². The Bertz CT molecular complexity index is 337. The van der Waals surface area contributed by atoms with E-state index in [1.54, 1.807) is 7.11 Å². The average Bonchev–Trinajstić information content (AvgIpc) is 2.30. The van der Waals surface area contributed by atoms with Gasteiger partial charge in [-0.3, -0.25) is 0 Å². The van der Waals surface area contributed by atoms with Gasteiger partial charge in [0.05, 0.1) is 12.2 Å². The van der Waals surface area contributed by atoms with E-state index < -0.39 is 5.60 Å². The number of rotatable bonds is 7. The quantitative estimate of drug-likeness (QED) is 0.763. The van der Waals surface area contributed by atoms with Gasteiger partial charge in [0.25, 0.3) is 0 Å². The fraction of sp³-hybridized carbons (Fsp3) is 0.571. The van der Waals surface area contributed by atoms with E-state index in [2.05, 4.69) is 23.5 Å². The second kappa shape index (κ2) is 6.74. The Morgan fingerprint density at radius 3 is 2.71 bits per heavy atom. The van der Waals surface area contributed by atoms with E-state index in [-0.39, 0.29) is 0 Å². The molecule has 0 fully saturated rings. The van der Waals surface area contributed by atoms with Crippen LogP contribution in [0.1, 0.15) is 31.4 Å². The fourth-order valence-electron chi connectivity index (χ4n) is 1.60. The van der Waals surface area contributed by atoms with Gasteiger partial charge in [0.2, 0.25) is 0 Å². The van der Waals surface area contributed by atoms with Crippen molar-refractivity contribution >= 4 is 0 Å². The molecule has 0 radical (unpaired) electrons.